The molecule has 1 aromatic heterocycles. The highest BCUT2D eigenvalue weighted by Gasteiger charge is 2.24. The summed E-state index contributed by atoms with van der Waals surface area (Å²) in [5, 5.41) is 12.7. The van der Waals surface area contributed by atoms with Gasteiger partial charge in [-0.3, -0.25) is 9.59 Å². The van der Waals surface area contributed by atoms with Crippen LogP contribution < -0.4 is 16.8 Å². The van der Waals surface area contributed by atoms with Crippen molar-refractivity contribution in [3.8, 4) is 0 Å². The largest absolute Gasteiger partial charge is 0.480 e. The number of amides is 2. The van der Waals surface area contributed by atoms with Gasteiger partial charge in [-0.15, -0.1) is 0 Å². The van der Waals surface area contributed by atoms with Gasteiger partial charge in [0.1, 0.15) is 6.04 Å². The Labute approximate surface area is 138 Å². The zero-order valence-corrected chi connectivity index (χ0v) is 13.0. The monoisotopic (exact) mass is 332 g/mol. The number of aliphatic carboxylic acids is 1. The summed E-state index contributed by atoms with van der Waals surface area (Å²) in [7, 11) is 0. The van der Waals surface area contributed by atoms with Gasteiger partial charge in [0.15, 0.2) is 0 Å². The molecule has 24 heavy (non-hydrogen) atoms. The molecule has 0 unspecified atom stereocenters. The predicted molar refractivity (Wildman–Crippen MR) is 88.0 cm³/mol. The minimum atomic E-state index is -1.16. The van der Waals surface area contributed by atoms with Crippen LogP contribution in [0.3, 0.4) is 0 Å². The molecule has 1 heterocycles. The van der Waals surface area contributed by atoms with Gasteiger partial charge in [0, 0.05) is 29.9 Å². The molecule has 2 rings (SSSR count). The number of hydrogen-bond acceptors (Lipinski definition) is 4. The van der Waals surface area contributed by atoms with E-state index in [2.05, 4.69) is 10.3 Å². The van der Waals surface area contributed by atoms with Crippen LogP contribution in [0.15, 0.2) is 30.5 Å². The molecule has 8 heteroatoms. The molecule has 0 radical (unpaired) electrons. The molecule has 7 N–H and O–H groups in total. The lowest BCUT2D eigenvalue weighted by Crippen LogP contribution is -2.49. The first kappa shape index (κ1) is 17.5. The molecule has 2 atom stereocenters. The molecule has 0 saturated heterocycles. The average Bonchev–Trinajstić information content (AvgIpc) is 2.94. The zero-order valence-electron chi connectivity index (χ0n) is 13.0. The number of H-pyrrole nitrogens is 1. The number of aromatic amines is 1. The lowest BCUT2D eigenvalue weighted by Gasteiger charge is -2.17. The number of rotatable bonds is 8. The van der Waals surface area contributed by atoms with Crippen LogP contribution >= 0.6 is 0 Å². The Morgan fingerprint density at radius 1 is 1.25 bits per heavy atom. The average molecular weight is 332 g/mol. The van der Waals surface area contributed by atoms with Gasteiger partial charge in [-0.05, 0) is 18.1 Å². The Hall–Kier alpha value is -2.87. The Bertz CT molecular complexity index is 755. The normalized spacial score (nSPS) is 13.4. The summed E-state index contributed by atoms with van der Waals surface area (Å²) in [5.41, 5.74) is 12.3. The van der Waals surface area contributed by atoms with E-state index >= 15 is 0 Å². The van der Waals surface area contributed by atoms with Crippen LogP contribution in [0, 0.1) is 0 Å². The van der Waals surface area contributed by atoms with Crippen LogP contribution in [0.4, 0.5) is 0 Å². The Kier molecular flexibility index (Phi) is 5.54. The summed E-state index contributed by atoms with van der Waals surface area (Å²) in [6.45, 7) is 0. The number of nitrogens with one attached hydrogen (secondary N) is 2. The summed E-state index contributed by atoms with van der Waals surface area (Å²) in [5.74, 6) is -2.34. The minimum absolute atomic E-state index is 0.0330. The SMILES string of the molecule is NC(=O)CC[C@H](N)C(=O)N[C@H](Cc1c[nH]c2ccccc12)C(=O)O. The molecule has 0 bridgehead atoms. The van der Waals surface area contributed by atoms with Gasteiger partial charge >= 0.3 is 5.97 Å². The number of hydrogen-bond donors (Lipinski definition) is 5. The maximum absolute atomic E-state index is 12.0. The van der Waals surface area contributed by atoms with Crippen molar-refractivity contribution in [3.05, 3.63) is 36.0 Å². The van der Waals surface area contributed by atoms with E-state index in [0.717, 1.165) is 16.5 Å². The number of aromatic nitrogens is 1. The summed E-state index contributed by atoms with van der Waals surface area (Å²) in [6.07, 6.45) is 1.88. The van der Waals surface area contributed by atoms with Gasteiger partial charge in [-0.25, -0.2) is 4.79 Å². The lowest BCUT2D eigenvalue weighted by atomic mass is 10.0. The summed E-state index contributed by atoms with van der Waals surface area (Å²) >= 11 is 0. The van der Waals surface area contributed by atoms with Crippen LogP contribution in [-0.2, 0) is 20.8 Å². The number of primary amides is 1. The third-order valence-electron chi connectivity index (χ3n) is 3.75. The number of carbonyl (C=O) groups excluding carboxylic acids is 2. The first-order chi connectivity index (χ1) is 11.4. The summed E-state index contributed by atoms with van der Waals surface area (Å²) < 4.78 is 0. The molecular formula is C16H20N4O4. The topological polar surface area (TPSA) is 151 Å². The second kappa shape index (κ2) is 7.60. The third-order valence-corrected chi connectivity index (χ3v) is 3.75. The standard InChI is InChI=1S/C16H20N4O4/c17-11(5-6-14(18)21)15(22)20-13(16(23)24)7-9-8-19-12-4-2-1-3-10(9)12/h1-4,8,11,13,19H,5-7,17H2,(H2,18,21)(H,20,22)(H,23,24)/t11-,13+/m0/s1. The molecule has 2 amide bonds. The van der Waals surface area contributed by atoms with E-state index in [1.54, 1.807) is 6.20 Å². The smallest absolute Gasteiger partial charge is 0.326 e. The van der Waals surface area contributed by atoms with Gasteiger partial charge in [0.2, 0.25) is 11.8 Å². The van der Waals surface area contributed by atoms with Crippen molar-refractivity contribution in [3.63, 3.8) is 0 Å². The van der Waals surface area contributed by atoms with Gasteiger partial charge in [-0.2, -0.15) is 0 Å². The predicted octanol–water partition coefficient (Wildman–Crippen LogP) is -0.127. The Balaban J connectivity index is 2.05. The van der Waals surface area contributed by atoms with Crippen molar-refractivity contribution in [2.24, 2.45) is 11.5 Å². The van der Waals surface area contributed by atoms with E-state index in [1.165, 1.54) is 0 Å². The third kappa shape index (κ3) is 4.32. The number of para-hydroxylation sites is 1. The summed E-state index contributed by atoms with van der Waals surface area (Å²) in [6, 6.07) is 5.39. The molecule has 0 aliphatic carbocycles. The van der Waals surface area contributed by atoms with Crippen molar-refractivity contribution in [1.82, 2.24) is 10.3 Å². The lowest BCUT2D eigenvalue weighted by molar-refractivity contribution is -0.142. The maximum Gasteiger partial charge on any atom is 0.326 e. The van der Waals surface area contributed by atoms with Crippen LogP contribution in [0.1, 0.15) is 18.4 Å². The van der Waals surface area contributed by atoms with Crippen molar-refractivity contribution in [2.75, 3.05) is 0 Å². The van der Waals surface area contributed by atoms with Crippen LogP contribution in [-0.4, -0.2) is 40.0 Å². The van der Waals surface area contributed by atoms with E-state index < -0.39 is 29.9 Å². The van der Waals surface area contributed by atoms with Crippen molar-refractivity contribution in [1.29, 1.82) is 0 Å². The van der Waals surface area contributed by atoms with E-state index in [4.69, 9.17) is 11.5 Å². The highest BCUT2D eigenvalue weighted by molar-refractivity contribution is 5.88. The number of carbonyl (C=O) groups is 3. The van der Waals surface area contributed by atoms with Crippen molar-refractivity contribution < 1.29 is 19.5 Å². The molecule has 0 fully saturated rings. The number of nitrogens with two attached hydrogens (primary N) is 2. The highest BCUT2D eigenvalue weighted by Crippen LogP contribution is 2.19. The second-order valence-corrected chi connectivity index (χ2v) is 5.57. The molecular weight excluding hydrogens is 312 g/mol. The van der Waals surface area contributed by atoms with E-state index in [0.29, 0.717) is 0 Å². The number of benzene rings is 1. The minimum Gasteiger partial charge on any atom is -0.480 e. The molecule has 128 valence electrons. The fraction of sp³-hybridized carbons (Fsp3) is 0.312. The molecule has 0 aliphatic rings. The van der Waals surface area contributed by atoms with Gasteiger partial charge in [0.25, 0.3) is 0 Å². The van der Waals surface area contributed by atoms with Crippen LogP contribution in [0.5, 0.6) is 0 Å². The Morgan fingerprint density at radius 2 is 1.96 bits per heavy atom. The quantitative estimate of drug-likeness (QED) is 0.456. The molecule has 2 aromatic rings. The second-order valence-electron chi connectivity index (χ2n) is 5.57. The highest BCUT2D eigenvalue weighted by atomic mass is 16.4. The fourth-order valence-corrected chi connectivity index (χ4v) is 2.43. The van der Waals surface area contributed by atoms with Crippen molar-refractivity contribution in [2.45, 2.75) is 31.3 Å². The summed E-state index contributed by atoms with van der Waals surface area (Å²) in [4.78, 5) is 37.2. The number of carboxylic acids is 1. The van der Waals surface area contributed by atoms with E-state index in [9.17, 15) is 19.5 Å². The fourth-order valence-electron chi connectivity index (χ4n) is 2.43. The van der Waals surface area contributed by atoms with Gasteiger partial charge < -0.3 is 26.9 Å². The first-order valence-electron chi connectivity index (χ1n) is 7.50. The molecule has 8 nitrogen and oxygen atoms in total. The van der Waals surface area contributed by atoms with Gasteiger partial charge in [0.05, 0.1) is 6.04 Å². The first-order valence-corrected chi connectivity index (χ1v) is 7.50. The van der Waals surface area contributed by atoms with Gasteiger partial charge in [-0.1, -0.05) is 18.2 Å². The number of fused-ring (bicyclic) bond motifs is 1. The molecule has 0 spiro atoms. The zero-order chi connectivity index (χ0) is 17.7. The van der Waals surface area contributed by atoms with Crippen molar-refractivity contribution >= 4 is 28.7 Å². The molecule has 1 aromatic carbocycles. The Morgan fingerprint density at radius 3 is 2.62 bits per heavy atom. The van der Waals surface area contributed by atoms with E-state index in [-0.39, 0.29) is 19.3 Å². The maximum atomic E-state index is 12.0. The van der Waals surface area contributed by atoms with Crippen LogP contribution in [0.25, 0.3) is 10.9 Å². The molecule has 0 saturated carbocycles. The number of carboxylic acid groups (broad SMARTS) is 1. The van der Waals surface area contributed by atoms with E-state index in [1.807, 2.05) is 24.3 Å². The van der Waals surface area contributed by atoms with Crippen LogP contribution in [0.2, 0.25) is 0 Å². The molecule has 0 aliphatic heterocycles.